The molecule has 1 heterocycles. The maximum absolute atomic E-state index is 12.6. The van der Waals surface area contributed by atoms with E-state index in [1.165, 1.54) is 0 Å². The van der Waals surface area contributed by atoms with Crippen LogP contribution in [0.3, 0.4) is 0 Å². The molecule has 6 heteroatoms. The van der Waals surface area contributed by atoms with Crippen LogP contribution in [0, 0.1) is 5.92 Å². The molecule has 0 spiro atoms. The second-order valence-electron chi connectivity index (χ2n) is 7.32. The molecule has 4 atom stereocenters. The van der Waals surface area contributed by atoms with Gasteiger partial charge in [-0.05, 0) is 33.1 Å². The predicted molar refractivity (Wildman–Crippen MR) is 95.7 cm³/mol. The minimum Gasteiger partial charge on any atom is -0.373 e. The summed E-state index contributed by atoms with van der Waals surface area (Å²) in [7, 11) is 0. The summed E-state index contributed by atoms with van der Waals surface area (Å²) in [5, 5.41) is 5.84. The number of amides is 2. The van der Waals surface area contributed by atoms with Crippen LogP contribution >= 0.6 is 0 Å². The molecule has 0 aliphatic carbocycles. The number of hydrogen-bond acceptors (Lipinski definition) is 4. The highest BCUT2D eigenvalue weighted by molar-refractivity contribution is 5.83. The lowest BCUT2D eigenvalue weighted by atomic mass is 9.99. The number of rotatable bonds is 8. The lowest BCUT2D eigenvalue weighted by molar-refractivity contribution is -0.135. The average Bonchev–Trinajstić information content (AvgIpc) is 2.45. The molecule has 4 unspecified atom stereocenters. The zero-order valence-corrected chi connectivity index (χ0v) is 16.1. The standard InChI is InChI=1S/C18H35N3O3/c1-7-13(4)20-16(22)8-9-19-18(23)17(12(2)3)21-10-14(5)24-15(6)11-21/h12-15,17H,7-11H2,1-6H3,(H,19,23)(H,20,22). The van der Waals surface area contributed by atoms with Crippen molar-refractivity contribution in [2.24, 2.45) is 5.92 Å². The van der Waals surface area contributed by atoms with Gasteiger partial charge in [0.15, 0.2) is 0 Å². The summed E-state index contributed by atoms with van der Waals surface area (Å²) in [6, 6.07) is -0.00985. The summed E-state index contributed by atoms with van der Waals surface area (Å²) in [6.45, 7) is 14.1. The third-order valence-corrected chi connectivity index (χ3v) is 4.41. The van der Waals surface area contributed by atoms with E-state index in [0.717, 1.165) is 19.5 Å². The van der Waals surface area contributed by atoms with Crippen molar-refractivity contribution in [3.63, 3.8) is 0 Å². The molecule has 6 nitrogen and oxygen atoms in total. The molecule has 2 N–H and O–H groups in total. The fraction of sp³-hybridized carbons (Fsp3) is 0.889. The monoisotopic (exact) mass is 341 g/mol. The van der Waals surface area contributed by atoms with E-state index in [2.05, 4.69) is 29.4 Å². The molecule has 0 aromatic rings. The molecule has 0 aromatic carbocycles. The summed E-state index contributed by atoms with van der Waals surface area (Å²) in [5.74, 6) is 0.193. The van der Waals surface area contributed by atoms with Gasteiger partial charge >= 0.3 is 0 Å². The van der Waals surface area contributed by atoms with Crippen LogP contribution in [0.15, 0.2) is 0 Å². The van der Waals surface area contributed by atoms with Gasteiger partial charge in [-0.2, -0.15) is 0 Å². The van der Waals surface area contributed by atoms with Crippen molar-refractivity contribution in [3.05, 3.63) is 0 Å². The van der Waals surface area contributed by atoms with Crippen LogP contribution in [-0.2, 0) is 14.3 Å². The van der Waals surface area contributed by atoms with Crippen LogP contribution < -0.4 is 10.6 Å². The summed E-state index contributed by atoms with van der Waals surface area (Å²) in [4.78, 5) is 26.6. The largest absolute Gasteiger partial charge is 0.373 e. The van der Waals surface area contributed by atoms with Crippen molar-refractivity contribution in [1.29, 1.82) is 0 Å². The van der Waals surface area contributed by atoms with Crippen LogP contribution in [-0.4, -0.2) is 60.6 Å². The Morgan fingerprint density at radius 3 is 2.25 bits per heavy atom. The van der Waals surface area contributed by atoms with Crippen LogP contribution in [0.1, 0.15) is 54.4 Å². The van der Waals surface area contributed by atoms with Crippen molar-refractivity contribution in [1.82, 2.24) is 15.5 Å². The Kier molecular flexibility index (Phi) is 8.70. The third-order valence-electron chi connectivity index (χ3n) is 4.41. The smallest absolute Gasteiger partial charge is 0.237 e. The topological polar surface area (TPSA) is 70.7 Å². The molecular weight excluding hydrogens is 306 g/mol. The van der Waals surface area contributed by atoms with Crippen molar-refractivity contribution in [2.45, 2.75) is 78.7 Å². The normalized spacial score (nSPS) is 24.5. The van der Waals surface area contributed by atoms with Gasteiger partial charge in [0, 0.05) is 32.1 Å². The van der Waals surface area contributed by atoms with E-state index in [0.29, 0.717) is 13.0 Å². The average molecular weight is 341 g/mol. The first-order valence-electron chi connectivity index (χ1n) is 9.21. The molecule has 1 rings (SSSR count). The van der Waals surface area contributed by atoms with Crippen molar-refractivity contribution >= 4 is 11.8 Å². The number of nitrogens with one attached hydrogen (secondary N) is 2. The number of morpholine rings is 1. The number of nitrogens with zero attached hydrogens (tertiary/aromatic N) is 1. The van der Waals surface area contributed by atoms with Gasteiger partial charge in [0.2, 0.25) is 11.8 Å². The first-order chi connectivity index (χ1) is 11.2. The Labute approximate surface area is 146 Å². The number of ether oxygens (including phenoxy) is 1. The van der Waals surface area contributed by atoms with Gasteiger partial charge in [-0.15, -0.1) is 0 Å². The van der Waals surface area contributed by atoms with Gasteiger partial charge in [0.05, 0.1) is 18.2 Å². The molecule has 0 aromatic heterocycles. The molecule has 140 valence electrons. The van der Waals surface area contributed by atoms with Crippen LogP contribution in [0.25, 0.3) is 0 Å². The van der Waals surface area contributed by atoms with Gasteiger partial charge in [-0.25, -0.2) is 0 Å². The summed E-state index contributed by atoms with van der Waals surface area (Å²) in [6.07, 6.45) is 1.48. The first-order valence-corrected chi connectivity index (χ1v) is 9.21. The van der Waals surface area contributed by atoms with Crippen molar-refractivity contribution < 1.29 is 14.3 Å². The zero-order valence-electron chi connectivity index (χ0n) is 16.1. The molecule has 0 radical (unpaired) electrons. The lowest BCUT2D eigenvalue weighted by Crippen LogP contribution is -2.57. The minimum atomic E-state index is -0.184. The van der Waals surface area contributed by atoms with E-state index < -0.39 is 0 Å². The maximum Gasteiger partial charge on any atom is 0.237 e. The van der Waals surface area contributed by atoms with Crippen molar-refractivity contribution in [2.75, 3.05) is 19.6 Å². The number of hydrogen-bond donors (Lipinski definition) is 2. The maximum atomic E-state index is 12.6. The second kappa shape index (κ2) is 9.99. The van der Waals surface area contributed by atoms with Gasteiger partial charge < -0.3 is 15.4 Å². The van der Waals surface area contributed by atoms with E-state index in [1.54, 1.807) is 0 Å². The van der Waals surface area contributed by atoms with E-state index in [9.17, 15) is 9.59 Å². The van der Waals surface area contributed by atoms with Gasteiger partial charge in [-0.1, -0.05) is 20.8 Å². The fourth-order valence-electron chi connectivity index (χ4n) is 3.19. The van der Waals surface area contributed by atoms with E-state index in [1.807, 2.05) is 27.7 Å². The van der Waals surface area contributed by atoms with Gasteiger partial charge in [0.25, 0.3) is 0 Å². The highest BCUT2D eigenvalue weighted by Gasteiger charge is 2.33. The molecule has 0 saturated carbocycles. The molecule has 2 amide bonds. The molecule has 1 fully saturated rings. The number of carbonyl (C=O) groups excluding carboxylic acids is 2. The molecule has 24 heavy (non-hydrogen) atoms. The SMILES string of the molecule is CCC(C)NC(=O)CCNC(=O)C(C(C)C)N1CC(C)OC(C)C1. The van der Waals surface area contributed by atoms with Gasteiger partial charge in [0.1, 0.15) is 0 Å². The quantitative estimate of drug-likeness (QED) is 0.703. The molecule has 1 aliphatic rings. The molecule has 1 aliphatic heterocycles. The highest BCUT2D eigenvalue weighted by atomic mass is 16.5. The first kappa shape index (κ1) is 20.9. The highest BCUT2D eigenvalue weighted by Crippen LogP contribution is 2.18. The van der Waals surface area contributed by atoms with E-state index >= 15 is 0 Å². The Balaban J connectivity index is 2.51. The van der Waals surface area contributed by atoms with Crippen molar-refractivity contribution in [3.8, 4) is 0 Å². The molecule has 0 bridgehead atoms. The zero-order chi connectivity index (χ0) is 18.3. The van der Waals surface area contributed by atoms with E-state index in [-0.39, 0.29) is 42.0 Å². The predicted octanol–water partition coefficient (Wildman–Crippen LogP) is 1.54. The third kappa shape index (κ3) is 6.77. The van der Waals surface area contributed by atoms with Crippen LogP contribution in [0.5, 0.6) is 0 Å². The summed E-state index contributed by atoms with van der Waals surface area (Å²) >= 11 is 0. The lowest BCUT2D eigenvalue weighted by Gasteiger charge is -2.41. The Bertz CT molecular complexity index is 404. The minimum absolute atomic E-state index is 0.00244. The summed E-state index contributed by atoms with van der Waals surface area (Å²) < 4.78 is 5.76. The number of carbonyl (C=O) groups is 2. The Hall–Kier alpha value is -1.14. The van der Waals surface area contributed by atoms with Crippen LogP contribution in [0.4, 0.5) is 0 Å². The van der Waals surface area contributed by atoms with Gasteiger partial charge in [-0.3, -0.25) is 14.5 Å². The van der Waals surface area contributed by atoms with E-state index in [4.69, 9.17) is 4.74 Å². The summed E-state index contributed by atoms with van der Waals surface area (Å²) in [5.41, 5.74) is 0. The molecule has 1 saturated heterocycles. The fourth-order valence-corrected chi connectivity index (χ4v) is 3.19. The Morgan fingerprint density at radius 1 is 1.17 bits per heavy atom. The van der Waals surface area contributed by atoms with Crippen LogP contribution in [0.2, 0.25) is 0 Å². The second-order valence-corrected chi connectivity index (χ2v) is 7.32. The Morgan fingerprint density at radius 2 is 1.75 bits per heavy atom. The molecular formula is C18H35N3O3.